The molecule has 35 heavy (non-hydrogen) atoms. The van der Waals surface area contributed by atoms with E-state index in [9.17, 15) is 0 Å². The molecule has 0 unspecified atom stereocenters. The smallest absolute Gasteiger partial charge is 0.232 e. The van der Waals surface area contributed by atoms with Crippen LogP contribution in [0.5, 0.6) is 0 Å². The van der Waals surface area contributed by atoms with Crippen LogP contribution in [0, 0.1) is 5.92 Å². The van der Waals surface area contributed by atoms with E-state index in [-0.39, 0.29) is 0 Å². The summed E-state index contributed by atoms with van der Waals surface area (Å²) in [6.07, 6.45) is 8.84. The summed E-state index contributed by atoms with van der Waals surface area (Å²) < 4.78 is 0. The fourth-order valence-corrected chi connectivity index (χ4v) is 5.61. The number of aromatic nitrogens is 2. The van der Waals surface area contributed by atoms with Gasteiger partial charge in [-0.2, -0.15) is 9.97 Å². The topological polar surface area (TPSA) is 59.6 Å². The number of piperidine rings is 2. The van der Waals surface area contributed by atoms with Crippen LogP contribution in [0.15, 0.2) is 30.3 Å². The average Bonchev–Trinajstić information content (AvgIpc) is 3.43. The summed E-state index contributed by atoms with van der Waals surface area (Å²) in [5.41, 5.74) is 2.53. The number of hydrogen-bond acceptors (Lipinski definition) is 6. The molecule has 1 atom stereocenters. The summed E-state index contributed by atoms with van der Waals surface area (Å²) in [5, 5.41) is 7.17. The Morgan fingerprint density at radius 1 is 0.857 bits per heavy atom. The predicted octanol–water partition coefficient (Wildman–Crippen LogP) is 4.79. The Morgan fingerprint density at radius 2 is 1.49 bits per heavy atom. The molecule has 0 saturated carbocycles. The van der Waals surface area contributed by atoms with E-state index >= 15 is 0 Å². The minimum atomic E-state index is 0.558. The Kier molecular flexibility index (Phi) is 7.86. The first-order valence-electron chi connectivity index (χ1n) is 13.4. The third-order valence-electron chi connectivity index (χ3n) is 7.45. The molecule has 0 radical (unpaired) electrons. The summed E-state index contributed by atoms with van der Waals surface area (Å²) in [5.74, 6) is 3.29. The first-order chi connectivity index (χ1) is 17.1. The molecule has 2 N–H and O–H groups in total. The van der Waals surface area contributed by atoms with Crippen LogP contribution < -0.4 is 25.3 Å². The highest BCUT2D eigenvalue weighted by atomic mass is 32.1. The second kappa shape index (κ2) is 11.4. The number of anilines is 4. The van der Waals surface area contributed by atoms with Gasteiger partial charge in [-0.25, -0.2) is 0 Å². The number of nitrogens with one attached hydrogen (secondary N) is 2. The van der Waals surface area contributed by atoms with E-state index in [1.54, 1.807) is 0 Å². The molecule has 5 rings (SSSR count). The Morgan fingerprint density at radius 3 is 2.20 bits per heavy atom. The van der Waals surface area contributed by atoms with E-state index in [4.69, 9.17) is 22.2 Å². The van der Waals surface area contributed by atoms with Crippen molar-refractivity contribution in [1.82, 2.24) is 15.3 Å². The molecule has 3 saturated heterocycles. The monoisotopic (exact) mass is 493 g/mol. The summed E-state index contributed by atoms with van der Waals surface area (Å²) in [6.45, 7) is 9.55. The van der Waals surface area contributed by atoms with E-state index < -0.39 is 0 Å². The van der Waals surface area contributed by atoms with E-state index in [1.807, 2.05) is 0 Å². The quantitative estimate of drug-likeness (QED) is 0.557. The molecule has 7 nitrogen and oxygen atoms in total. The van der Waals surface area contributed by atoms with Crippen molar-refractivity contribution in [3.05, 3.63) is 35.9 Å². The highest BCUT2D eigenvalue weighted by Crippen LogP contribution is 2.27. The molecule has 1 aromatic heterocycles. The normalized spacial score (nSPS) is 20.7. The number of thiocarbonyl (C=S) groups is 1. The van der Waals surface area contributed by atoms with Crippen LogP contribution in [0.25, 0.3) is 0 Å². The third kappa shape index (κ3) is 6.34. The Bertz CT molecular complexity index is 984. The number of hydrogen-bond donors (Lipinski definition) is 2. The van der Waals surface area contributed by atoms with Crippen molar-refractivity contribution in [3.63, 3.8) is 0 Å². The van der Waals surface area contributed by atoms with Gasteiger partial charge in [0.1, 0.15) is 11.6 Å². The first-order valence-corrected chi connectivity index (χ1v) is 13.8. The maximum Gasteiger partial charge on any atom is 0.232 e. The van der Waals surface area contributed by atoms with Crippen molar-refractivity contribution in [3.8, 4) is 0 Å². The summed E-state index contributed by atoms with van der Waals surface area (Å²) in [4.78, 5) is 17.0. The lowest BCUT2D eigenvalue weighted by molar-refractivity contribution is 0.444. The van der Waals surface area contributed by atoms with Gasteiger partial charge >= 0.3 is 0 Å². The molecule has 3 fully saturated rings. The standard InChI is InChI=1S/C27H39N7S/c1-21-8-7-17-34(20-21)25-18-24(33-15-3-2-4-16-33)29-26(30-25)31-27(35)28-19-22-9-11-23(12-10-22)32-13-5-6-14-32/h9-12,18,21H,2-8,13-17,19-20H2,1H3,(H2,28,29,30,31,35)/t21-/m1/s1. The summed E-state index contributed by atoms with van der Waals surface area (Å²) >= 11 is 5.63. The van der Waals surface area contributed by atoms with Crippen molar-refractivity contribution in [1.29, 1.82) is 0 Å². The van der Waals surface area contributed by atoms with Crippen LogP contribution >= 0.6 is 12.2 Å². The third-order valence-corrected chi connectivity index (χ3v) is 7.69. The van der Waals surface area contributed by atoms with Gasteiger partial charge in [-0.1, -0.05) is 19.1 Å². The zero-order valence-electron chi connectivity index (χ0n) is 21.0. The van der Waals surface area contributed by atoms with Gasteiger partial charge in [-0.15, -0.1) is 0 Å². The molecule has 8 heteroatoms. The number of nitrogens with zero attached hydrogens (tertiary/aromatic N) is 5. The van der Waals surface area contributed by atoms with Crippen molar-refractivity contribution >= 4 is 40.6 Å². The largest absolute Gasteiger partial charge is 0.372 e. The van der Waals surface area contributed by atoms with Crippen LogP contribution in [0.2, 0.25) is 0 Å². The van der Waals surface area contributed by atoms with Crippen LogP contribution in [0.1, 0.15) is 57.4 Å². The Balaban J connectivity index is 1.24. The molecular formula is C27H39N7S. The van der Waals surface area contributed by atoms with Crippen LogP contribution in [-0.4, -0.2) is 54.3 Å². The van der Waals surface area contributed by atoms with E-state index in [0.717, 1.165) is 37.8 Å². The zero-order valence-corrected chi connectivity index (χ0v) is 21.8. The highest BCUT2D eigenvalue weighted by molar-refractivity contribution is 7.80. The molecular weight excluding hydrogens is 454 g/mol. The van der Waals surface area contributed by atoms with Gasteiger partial charge in [0.05, 0.1) is 0 Å². The number of benzene rings is 1. The Labute approximate surface area is 215 Å². The number of rotatable bonds is 6. The lowest BCUT2D eigenvalue weighted by Crippen LogP contribution is -2.36. The van der Waals surface area contributed by atoms with Crippen LogP contribution in [0.4, 0.5) is 23.3 Å². The van der Waals surface area contributed by atoms with Gasteiger partial charge in [0.2, 0.25) is 5.95 Å². The van der Waals surface area contributed by atoms with Gasteiger partial charge in [0.15, 0.2) is 5.11 Å². The minimum absolute atomic E-state index is 0.558. The van der Waals surface area contributed by atoms with Crippen LogP contribution in [-0.2, 0) is 6.54 Å². The molecule has 1 aromatic carbocycles. The highest BCUT2D eigenvalue weighted by Gasteiger charge is 2.21. The molecule has 0 bridgehead atoms. The summed E-state index contributed by atoms with van der Waals surface area (Å²) in [7, 11) is 0. The molecule has 0 spiro atoms. The van der Waals surface area contributed by atoms with Gasteiger partial charge in [-0.3, -0.25) is 0 Å². The second-order valence-electron chi connectivity index (χ2n) is 10.3. The van der Waals surface area contributed by atoms with Gasteiger partial charge in [0.25, 0.3) is 0 Å². The van der Waals surface area contributed by atoms with Gasteiger partial charge in [-0.05, 0) is 80.8 Å². The molecule has 3 aliphatic rings. The van der Waals surface area contributed by atoms with E-state index in [0.29, 0.717) is 23.5 Å². The second-order valence-corrected chi connectivity index (χ2v) is 10.7. The van der Waals surface area contributed by atoms with Crippen LogP contribution in [0.3, 0.4) is 0 Å². The van der Waals surface area contributed by atoms with Gasteiger partial charge < -0.3 is 25.3 Å². The minimum Gasteiger partial charge on any atom is -0.372 e. The predicted molar refractivity (Wildman–Crippen MR) is 150 cm³/mol. The molecule has 3 aliphatic heterocycles. The molecule has 0 amide bonds. The van der Waals surface area contributed by atoms with Crippen molar-refractivity contribution in [2.24, 2.45) is 5.92 Å². The molecule has 2 aromatic rings. The molecule has 188 valence electrons. The summed E-state index contributed by atoms with van der Waals surface area (Å²) in [6, 6.07) is 11.0. The van der Waals surface area contributed by atoms with Crippen molar-refractivity contribution in [2.75, 3.05) is 59.3 Å². The fraction of sp³-hybridized carbons (Fsp3) is 0.593. The SMILES string of the molecule is C[C@@H]1CCCN(c2cc(N3CCCCC3)nc(NC(=S)NCc3ccc(N4CCCC4)cc3)n2)C1. The lowest BCUT2D eigenvalue weighted by atomic mass is 10.0. The molecule has 0 aliphatic carbocycles. The van der Waals surface area contributed by atoms with Gasteiger partial charge in [0, 0.05) is 57.6 Å². The lowest BCUT2D eigenvalue weighted by Gasteiger charge is -2.33. The average molecular weight is 494 g/mol. The van der Waals surface area contributed by atoms with E-state index in [1.165, 1.54) is 69.3 Å². The maximum atomic E-state index is 5.63. The van der Waals surface area contributed by atoms with E-state index in [2.05, 4.69) is 62.6 Å². The first kappa shape index (κ1) is 24.1. The fourth-order valence-electron chi connectivity index (χ4n) is 5.45. The zero-order chi connectivity index (χ0) is 24.0. The van der Waals surface area contributed by atoms with Crippen molar-refractivity contribution < 1.29 is 0 Å². The Hall–Kier alpha value is -2.61. The van der Waals surface area contributed by atoms with Crippen molar-refractivity contribution in [2.45, 2.75) is 58.4 Å². The maximum absolute atomic E-state index is 5.63. The molecule has 4 heterocycles.